The summed E-state index contributed by atoms with van der Waals surface area (Å²) in [7, 11) is 0. The summed E-state index contributed by atoms with van der Waals surface area (Å²) in [5.74, 6) is -0.998. The highest BCUT2D eigenvalue weighted by Gasteiger charge is 2.19. The number of carbonyl (C=O) groups is 3. The van der Waals surface area contributed by atoms with Crippen LogP contribution >= 0.6 is 0 Å². The molecule has 0 heterocycles. The fourth-order valence-corrected chi connectivity index (χ4v) is 7.61. The maximum absolute atomic E-state index is 12.8. The van der Waals surface area contributed by atoms with Gasteiger partial charge in [-0.1, -0.05) is 248 Å². The molecule has 0 aliphatic rings. The van der Waals surface area contributed by atoms with Gasteiger partial charge in [0.2, 0.25) is 0 Å². The summed E-state index contributed by atoms with van der Waals surface area (Å²) in [5, 5.41) is 0. The Bertz CT molecular complexity index is 1230. The minimum atomic E-state index is -0.817. The number of unbranched alkanes of at least 4 members (excludes halogenated alkanes) is 26. The third-order valence-electron chi connectivity index (χ3n) is 11.7. The van der Waals surface area contributed by atoms with E-state index in [1.54, 1.807) is 0 Å². The molecule has 0 saturated carbocycles. The molecule has 1 atom stereocenters. The first-order valence-corrected chi connectivity index (χ1v) is 27.4. The SMILES string of the molecule is CC/C=C\C/C=C\C/C=C\C/C=C\CCC(=O)OC(COC(=O)CCCCCCC/C=C\C/C=C\CCC)COC(=O)CCCCCCCCCCCCCCCCCCCCCCC. The highest BCUT2D eigenvalue weighted by Crippen LogP contribution is 2.16. The lowest BCUT2D eigenvalue weighted by Gasteiger charge is -2.18. The molecule has 0 aromatic carbocycles. The van der Waals surface area contributed by atoms with Gasteiger partial charge in [0.15, 0.2) is 6.10 Å². The molecule has 0 aliphatic carbocycles. The molecule has 6 nitrogen and oxygen atoms in total. The van der Waals surface area contributed by atoms with Crippen LogP contribution < -0.4 is 0 Å². The van der Waals surface area contributed by atoms with Gasteiger partial charge in [-0.15, -0.1) is 0 Å². The smallest absolute Gasteiger partial charge is 0.306 e. The van der Waals surface area contributed by atoms with Gasteiger partial charge in [-0.25, -0.2) is 0 Å². The number of esters is 3. The molecule has 0 spiro atoms. The second-order valence-corrected chi connectivity index (χ2v) is 18.1. The van der Waals surface area contributed by atoms with Crippen LogP contribution in [-0.2, 0) is 28.6 Å². The summed E-state index contributed by atoms with van der Waals surface area (Å²) in [6.45, 7) is 6.40. The highest BCUT2D eigenvalue weighted by molar-refractivity contribution is 5.71. The third-order valence-corrected chi connectivity index (χ3v) is 11.7. The number of ether oxygens (including phenoxy) is 3. The molecule has 0 amide bonds. The van der Waals surface area contributed by atoms with Gasteiger partial charge >= 0.3 is 17.9 Å². The number of allylic oxidation sites excluding steroid dienone is 12. The molecule has 0 saturated heterocycles. The molecule has 0 aromatic rings. The summed E-state index contributed by atoms with van der Waals surface area (Å²) < 4.78 is 16.7. The zero-order valence-corrected chi connectivity index (χ0v) is 42.7. The van der Waals surface area contributed by atoms with E-state index in [-0.39, 0.29) is 31.6 Å². The Labute approximate surface area is 402 Å². The van der Waals surface area contributed by atoms with Crippen molar-refractivity contribution in [2.45, 2.75) is 271 Å². The standard InChI is InChI=1S/C59H102O6/c1-4-7-10-13-16-19-22-25-26-27-28-29-30-31-32-35-37-40-43-46-49-52-58(61)64-55-56(65-59(62)53-50-47-44-41-38-34-24-21-18-15-12-9-6-3)54-63-57(60)51-48-45-42-39-36-33-23-20-17-14-11-8-5-2/h9,11-12,14,18,20-21,23,34,38,44,47,56H,4-8,10,13,15-17,19,22,24-33,35-37,39-43,45-46,48-55H2,1-3H3/b12-9-,14-11-,21-18-,23-20-,38-34-,47-44-. The van der Waals surface area contributed by atoms with Gasteiger partial charge in [-0.05, 0) is 70.6 Å². The van der Waals surface area contributed by atoms with Crippen molar-refractivity contribution in [2.24, 2.45) is 0 Å². The van der Waals surface area contributed by atoms with Crippen molar-refractivity contribution >= 4 is 17.9 Å². The van der Waals surface area contributed by atoms with E-state index in [2.05, 4.69) is 81.5 Å². The van der Waals surface area contributed by atoms with Crippen molar-refractivity contribution in [1.29, 1.82) is 0 Å². The molecule has 0 rings (SSSR count). The van der Waals surface area contributed by atoms with Gasteiger partial charge in [-0.2, -0.15) is 0 Å². The van der Waals surface area contributed by atoms with Crippen LogP contribution in [0.4, 0.5) is 0 Å². The first kappa shape index (κ1) is 61.9. The molecule has 65 heavy (non-hydrogen) atoms. The predicted octanol–water partition coefficient (Wildman–Crippen LogP) is 18.2. The maximum atomic E-state index is 12.8. The van der Waals surface area contributed by atoms with Crippen LogP contribution in [0.5, 0.6) is 0 Å². The van der Waals surface area contributed by atoms with Gasteiger partial charge in [-0.3, -0.25) is 14.4 Å². The second-order valence-electron chi connectivity index (χ2n) is 18.1. The molecule has 6 heteroatoms. The molecule has 0 N–H and O–H groups in total. The van der Waals surface area contributed by atoms with Crippen LogP contribution in [0, 0.1) is 0 Å². The maximum Gasteiger partial charge on any atom is 0.306 e. The Morgan fingerprint density at radius 1 is 0.323 bits per heavy atom. The fourth-order valence-electron chi connectivity index (χ4n) is 7.61. The fraction of sp³-hybridized carbons (Fsp3) is 0.746. The molecule has 0 fully saturated rings. The van der Waals surface area contributed by atoms with Crippen molar-refractivity contribution in [1.82, 2.24) is 0 Å². The van der Waals surface area contributed by atoms with Crippen molar-refractivity contribution in [3.63, 3.8) is 0 Å². The highest BCUT2D eigenvalue weighted by atomic mass is 16.6. The minimum absolute atomic E-state index is 0.107. The Balaban J connectivity index is 4.35. The van der Waals surface area contributed by atoms with Crippen LogP contribution in [0.1, 0.15) is 265 Å². The topological polar surface area (TPSA) is 78.9 Å². The van der Waals surface area contributed by atoms with Crippen molar-refractivity contribution in [3.8, 4) is 0 Å². The number of hydrogen-bond donors (Lipinski definition) is 0. The van der Waals surface area contributed by atoms with Crippen molar-refractivity contribution in [3.05, 3.63) is 72.9 Å². The van der Waals surface area contributed by atoms with E-state index in [1.165, 1.54) is 122 Å². The zero-order chi connectivity index (χ0) is 47.2. The number of carbonyl (C=O) groups excluding carboxylic acids is 3. The second kappa shape index (κ2) is 53.5. The van der Waals surface area contributed by atoms with E-state index in [1.807, 2.05) is 12.2 Å². The predicted molar refractivity (Wildman–Crippen MR) is 279 cm³/mol. The van der Waals surface area contributed by atoms with Crippen molar-refractivity contribution < 1.29 is 28.6 Å². The van der Waals surface area contributed by atoms with Crippen LogP contribution in [-0.4, -0.2) is 37.2 Å². The Morgan fingerprint density at radius 2 is 0.662 bits per heavy atom. The van der Waals surface area contributed by atoms with Gasteiger partial charge in [0.25, 0.3) is 0 Å². The monoisotopic (exact) mass is 907 g/mol. The molecule has 374 valence electrons. The summed E-state index contributed by atoms with van der Waals surface area (Å²) in [6, 6.07) is 0. The number of hydrogen-bond acceptors (Lipinski definition) is 6. The van der Waals surface area contributed by atoms with E-state index in [0.29, 0.717) is 19.3 Å². The lowest BCUT2D eigenvalue weighted by molar-refractivity contribution is -0.166. The molecule has 0 bridgehead atoms. The minimum Gasteiger partial charge on any atom is -0.462 e. The van der Waals surface area contributed by atoms with E-state index < -0.39 is 12.1 Å². The lowest BCUT2D eigenvalue weighted by Crippen LogP contribution is -2.30. The summed E-state index contributed by atoms with van der Waals surface area (Å²) in [5.41, 5.74) is 0. The number of rotatable bonds is 49. The quantitative estimate of drug-likeness (QED) is 0.0262. The molecule has 0 aromatic heterocycles. The van der Waals surface area contributed by atoms with E-state index in [9.17, 15) is 14.4 Å². The first-order valence-electron chi connectivity index (χ1n) is 27.4. The van der Waals surface area contributed by atoms with Crippen molar-refractivity contribution in [2.75, 3.05) is 13.2 Å². The first-order chi connectivity index (χ1) is 32.0. The lowest BCUT2D eigenvalue weighted by atomic mass is 10.0. The van der Waals surface area contributed by atoms with Gasteiger partial charge < -0.3 is 14.2 Å². The van der Waals surface area contributed by atoms with Crippen LogP contribution in [0.25, 0.3) is 0 Å². The summed E-state index contributed by atoms with van der Waals surface area (Å²) >= 11 is 0. The Hall–Kier alpha value is -3.15. The largest absolute Gasteiger partial charge is 0.462 e. The zero-order valence-electron chi connectivity index (χ0n) is 42.7. The summed E-state index contributed by atoms with van der Waals surface area (Å²) in [4.78, 5) is 38.0. The van der Waals surface area contributed by atoms with Gasteiger partial charge in [0.05, 0.1) is 0 Å². The molecule has 0 aliphatic heterocycles. The van der Waals surface area contributed by atoms with E-state index in [0.717, 1.165) is 96.3 Å². The van der Waals surface area contributed by atoms with Gasteiger partial charge in [0.1, 0.15) is 13.2 Å². The summed E-state index contributed by atoms with van der Waals surface area (Å²) in [6.07, 6.45) is 67.7. The normalized spacial score (nSPS) is 12.6. The van der Waals surface area contributed by atoms with Crippen LogP contribution in [0.3, 0.4) is 0 Å². The average Bonchev–Trinajstić information content (AvgIpc) is 3.30. The van der Waals surface area contributed by atoms with Gasteiger partial charge in [0, 0.05) is 19.3 Å². The Morgan fingerprint density at radius 3 is 1.06 bits per heavy atom. The Kier molecular flexibility index (Phi) is 50.9. The molecular formula is C59H102O6. The third kappa shape index (κ3) is 51.7. The average molecular weight is 907 g/mol. The molecular weight excluding hydrogens is 805 g/mol. The van der Waals surface area contributed by atoms with E-state index in [4.69, 9.17) is 14.2 Å². The molecule has 0 radical (unpaired) electrons. The molecule has 1 unspecified atom stereocenters. The van der Waals surface area contributed by atoms with E-state index >= 15 is 0 Å². The van der Waals surface area contributed by atoms with Crippen LogP contribution in [0.15, 0.2) is 72.9 Å². The van der Waals surface area contributed by atoms with Crippen LogP contribution in [0.2, 0.25) is 0 Å².